The highest BCUT2D eigenvalue weighted by atomic mass is 35.5. The Morgan fingerprint density at radius 3 is 2.42 bits per heavy atom. The van der Waals surface area contributed by atoms with Gasteiger partial charge in [0.2, 0.25) is 0 Å². The van der Waals surface area contributed by atoms with E-state index in [4.69, 9.17) is 27.9 Å². The Morgan fingerprint density at radius 1 is 1.04 bits per heavy atom. The molecule has 3 rings (SSSR count). The molecule has 0 saturated carbocycles. The first-order valence-electron chi connectivity index (χ1n) is 8.51. The summed E-state index contributed by atoms with van der Waals surface area (Å²) in [6.07, 6.45) is 2.49. The number of hydrogen-bond acceptors (Lipinski definition) is 2. The molecule has 1 saturated heterocycles. The fraction of sp³-hybridized carbons (Fsp3) is 0.400. The maximum atomic E-state index is 6.15. The molecule has 24 heavy (non-hydrogen) atoms. The minimum atomic E-state index is 0.189. The first-order chi connectivity index (χ1) is 11.6. The van der Waals surface area contributed by atoms with Gasteiger partial charge in [-0.1, -0.05) is 47.5 Å². The molecule has 128 valence electrons. The highest BCUT2D eigenvalue weighted by molar-refractivity contribution is 6.42. The minimum absolute atomic E-state index is 0.189. The third kappa shape index (κ3) is 4.66. The zero-order valence-corrected chi connectivity index (χ0v) is 15.4. The molecule has 0 bridgehead atoms. The number of benzene rings is 2. The number of para-hydroxylation sites is 1. The largest absolute Gasteiger partial charge is 0.489 e. The molecule has 1 unspecified atom stereocenters. The van der Waals surface area contributed by atoms with E-state index in [0.29, 0.717) is 16.0 Å². The Kier molecular flexibility index (Phi) is 6.04. The summed E-state index contributed by atoms with van der Waals surface area (Å²) in [6, 6.07) is 16.1. The third-order valence-electron chi connectivity index (χ3n) is 4.60. The van der Waals surface area contributed by atoms with Crippen LogP contribution < -0.4 is 4.74 Å². The standard InChI is InChI=1S/C20H23Cl2NO/c1-15(24-18-5-3-2-4-6-18)14-23-11-9-16(10-12-23)17-7-8-19(21)20(22)13-17/h2-8,13,15-16H,9-12,14H2,1H3. The molecule has 1 fully saturated rings. The lowest BCUT2D eigenvalue weighted by atomic mass is 9.89. The average Bonchev–Trinajstić information content (AvgIpc) is 2.59. The molecular weight excluding hydrogens is 341 g/mol. The number of rotatable bonds is 5. The number of halogens is 2. The Bertz CT molecular complexity index is 654. The second kappa shape index (κ2) is 8.24. The van der Waals surface area contributed by atoms with Crippen molar-refractivity contribution in [2.45, 2.75) is 31.8 Å². The molecule has 4 heteroatoms. The maximum Gasteiger partial charge on any atom is 0.119 e. The lowest BCUT2D eigenvalue weighted by Gasteiger charge is -2.33. The zero-order chi connectivity index (χ0) is 16.9. The quantitative estimate of drug-likeness (QED) is 0.681. The van der Waals surface area contributed by atoms with Gasteiger partial charge < -0.3 is 4.74 Å². The van der Waals surface area contributed by atoms with Crippen molar-refractivity contribution in [1.82, 2.24) is 4.90 Å². The van der Waals surface area contributed by atoms with Crippen molar-refractivity contribution >= 4 is 23.2 Å². The Morgan fingerprint density at radius 2 is 1.75 bits per heavy atom. The Hall–Kier alpha value is -1.22. The Balaban J connectivity index is 1.49. The molecular formula is C20H23Cl2NO. The SMILES string of the molecule is CC(CN1CCC(c2ccc(Cl)c(Cl)c2)CC1)Oc1ccccc1. The van der Waals surface area contributed by atoms with Crippen LogP contribution in [-0.4, -0.2) is 30.6 Å². The minimum Gasteiger partial charge on any atom is -0.489 e. The zero-order valence-electron chi connectivity index (χ0n) is 13.9. The summed E-state index contributed by atoms with van der Waals surface area (Å²) in [5.41, 5.74) is 1.30. The monoisotopic (exact) mass is 363 g/mol. The van der Waals surface area contributed by atoms with Crippen LogP contribution in [0.1, 0.15) is 31.2 Å². The van der Waals surface area contributed by atoms with Crippen LogP contribution >= 0.6 is 23.2 Å². The molecule has 2 nitrogen and oxygen atoms in total. The summed E-state index contributed by atoms with van der Waals surface area (Å²) < 4.78 is 5.98. The summed E-state index contributed by atoms with van der Waals surface area (Å²) in [7, 11) is 0. The van der Waals surface area contributed by atoms with Gasteiger partial charge in [0.05, 0.1) is 10.0 Å². The van der Waals surface area contributed by atoms with E-state index in [1.165, 1.54) is 5.56 Å². The number of hydrogen-bond donors (Lipinski definition) is 0. The molecule has 0 aliphatic carbocycles. The molecule has 2 aromatic carbocycles. The van der Waals surface area contributed by atoms with Gasteiger partial charge in [0.25, 0.3) is 0 Å². The molecule has 2 aromatic rings. The fourth-order valence-electron chi connectivity index (χ4n) is 3.35. The third-order valence-corrected chi connectivity index (χ3v) is 5.34. The molecule has 1 heterocycles. The summed E-state index contributed by atoms with van der Waals surface area (Å²) in [6.45, 7) is 5.28. The number of ether oxygens (including phenoxy) is 1. The molecule has 0 N–H and O–H groups in total. The summed E-state index contributed by atoms with van der Waals surface area (Å²) in [5.74, 6) is 1.51. The van der Waals surface area contributed by atoms with Gasteiger partial charge in [-0.05, 0) is 68.6 Å². The highest BCUT2D eigenvalue weighted by Gasteiger charge is 2.22. The van der Waals surface area contributed by atoms with Crippen molar-refractivity contribution in [3.63, 3.8) is 0 Å². The molecule has 1 aliphatic heterocycles. The van der Waals surface area contributed by atoms with Gasteiger partial charge in [-0.25, -0.2) is 0 Å². The van der Waals surface area contributed by atoms with Crippen molar-refractivity contribution in [2.24, 2.45) is 0 Å². The maximum absolute atomic E-state index is 6.15. The van der Waals surface area contributed by atoms with Gasteiger partial charge in [-0.15, -0.1) is 0 Å². The summed E-state index contributed by atoms with van der Waals surface area (Å²) in [5, 5.41) is 1.28. The first-order valence-corrected chi connectivity index (χ1v) is 9.26. The Labute approximate surface area is 154 Å². The molecule has 0 amide bonds. The smallest absolute Gasteiger partial charge is 0.119 e. The lowest BCUT2D eigenvalue weighted by molar-refractivity contribution is 0.125. The van der Waals surface area contributed by atoms with Gasteiger partial charge in [-0.3, -0.25) is 4.90 Å². The molecule has 1 atom stereocenters. The topological polar surface area (TPSA) is 12.5 Å². The van der Waals surface area contributed by atoms with Crippen LogP contribution in [0.4, 0.5) is 0 Å². The molecule has 0 spiro atoms. The van der Waals surface area contributed by atoms with Crippen LogP contribution in [0, 0.1) is 0 Å². The fourth-order valence-corrected chi connectivity index (χ4v) is 3.65. The van der Waals surface area contributed by atoms with Gasteiger partial charge in [0.1, 0.15) is 11.9 Å². The second-order valence-electron chi connectivity index (χ2n) is 6.49. The van der Waals surface area contributed by atoms with Crippen molar-refractivity contribution in [3.05, 3.63) is 64.1 Å². The number of piperidine rings is 1. The van der Waals surface area contributed by atoms with Crippen molar-refractivity contribution in [3.8, 4) is 5.75 Å². The predicted octanol–water partition coefficient (Wildman–Crippen LogP) is 5.64. The van der Waals surface area contributed by atoms with Crippen LogP contribution in [0.3, 0.4) is 0 Å². The second-order valence-corrected chi connectivity index (χ2v) is 7.30. The summed E-state index contributed by atoms with van der Waals surface area (Å²) >= 11 is 12.2. The number of nitrogens with zero attached hydrogens (tertiary/aromatic N) is 1. The van der Waals surface area contributed by atoms with E-state index < -0.39 is 0 Å². The van der Waals surface area contributed by atoms with Gasteiger partial charge >= 0.3 is 0 Å². The normalized spacial score (nSPS) is 17.6. The van der Waals surface area contributed by atoms with Crippen molar-refractivity contribution in [2.75, 3.05) is 19.6 Å². The van der Waals surface area contributed by atoms with Crippen LogP contribution in [0.2, 0.25) is 10.0 Å². The number of likely N-dealkylation sites (tertiary alicyclic amines) is 1. The van der Waals surface area contributed by atoms with Gasteiger partial charge in [0.15, 0.2) is 0 Å². The molecule has 1 aliphatic rings. The van der Waals surface area contributed by atoms with Crippen LogP contribution in [0.5, 0.6) is 5.75 Å². The van der Waals surface area contributed by atoms with Gasteiger partial charge in [-0.2, -0.15) is 0 Å². The van der Waals surface area contributed by atoms with E-state index in [0.717, 1.165) is 38.2 Å². The van der Waals surface area contributed by atoms with E-state index in [1.54, 1.807) is 0 Å². The van der Waals surface area contributed by atoms with E-state index >= 15 is 0 Å². The van der Waals surface area contributed by atoms with Crippen LogP contribution in [0.15, 0.2) is 48.5 Å². The van der Waals surface area contributed by atoms with Crippen LogP contribution in [-0.2, 0) is 0 Å². The van der Waals surface area contributed by atoms with Gasteiger partial charge in [0, 0.05) is 6.54 Å². The van der Waals surface area contributed by atoms with E-state index in [9.17, 15) is 0 Å². The summed E-state index contributed by atoms with van der Waals surface area (Å²) in [4.78, 5) is 2.49. The lowest BCUT2D eigenvalue weighted by Crippen LogP contribution is -2.39. The van der Waals surface area contributed by atoms with E-state index in [-0.39, 0.29) is 6.10 Å². The average molecular weight is 364 g/mol. The predicted molar refractivity (Wildman–Crippen MR) is 101 cm³/mol. The highest BCUT2D eigenvalue weighted by Crippen LogP contribution is 2.32. The van der Waals surface area contributed by atoms with Crippen LogP contribution in [0.25, 0.3) is 0 Å². The molecule has 0 aromatic heterocycles. The van der Waals surface area contributed by atoms with Crippen molar-refractivity contribution < 1.29 is 4.74 Å². The van der Waals surface area contributed by atoms with E-state index in [1.807, 2.05) is 42.5 Å². The van der Waals surface area contributed by atoms with Crippen molar-refractivity contribution in [1.29, 1.82) is 0 Å². The first kappa shape index (κ1) is 17.6. The molecule has 0 radical (unpaired) electrons. The van der Waals surface area contributed by atoms with E-state index in [2.05, 4.69) is 17.9 Å².